The van der Waals surface area contributed by atoms with E-state index in [1.54, 1.807) is 36.4 Å². The van der Waals surface area contributed by atoms with Gasteiger partial charge in [-0.25, -0.2) is 13.2 Å². The zero-order chi connectivity index (χ0) is 19.9. The van der Waals surface area contributed by atoms with E-state index in [-0.39, 0.29) is 5.56 Å². The Morgan fingerprint density at radius 3 is 2.43 bits per heavy atom. The number of hydrogen-bond donors (Lipinski definition) is 1. The summed E-state index contributed by atoms with van der Waals surface area (Å²) in [6.07, 6.45) is 1.78. The summed E-state index contributed by atoms with van der Waals surface area (Å²) in [5.74, 6) is -0.942. The molecule has 4 rings (SSSR count). The Morgan fingerprint density at radius 2 is 1.79 bits per heavy atom. The Kier molecular flexibility index (Phi) is 4.77. The molecular formula is C21H23NO5S. The molecule has 0 amide bonds. The Bertz CT molecular complexity index is 1010. The topological polar surface area (TPSA) is 83.9 Å². The Labute approximate surface area is 164 Å². The highest BCUT2D eigenvalue weighted by atomic mass is 32.2. The molecule has 1 spiro atoms. The van der Waals surface area contributed by atoms with E-state index in [1.807, 2.05) is 13.0 Å². The van der Waals surface area contributed by atoms with Crippen molar-refractivity contribution in [3.8, 4) is 0 Å². The van der Waals surface area contributed by atoms with E-state index < -0.39 is 21.6 Å². The summed E-state index contributed by atoms with van der Waals surface area (Å²) in [7, 11) is -3.53. The number of carbonyl (C=O) groups is 1. The maximum Gasteiger partial charge on any atom is 0.335 e. The van der Waals surface area contributed by atoms with Gasteiger partial charge in [-0.3, -0.25) is 0 Å². The minimum Gasteiger partial charge on any atom is -0.478 e. The van der Waals surface area contributed by atoms with Crippen LogP contribution in [0.3, 0.4) is 0 Å². The van der Waals surface area contributed by atoms with Gasteiger partial charge in [0.2, 0.25) is 10.0 Å². The molecule has 0 saturated carbocycles. The minimum absolute atomic E-state index is 0.273. The van der Waals surface area contributed by atoms with E-state index >= 15 is 0 Å². The molecule has 7 heteroatoms. The number of hydrogen-bond acceptors (Lipinski definition) is 4. The molecule has 2 aromatic carbocycles. The molecule has 1 saturated heterocycles. The molecule has 2 aliphatic heterocycles. The summed E-state index contributed by atoms with van der Waals surface area (Å²) in [6, 6.07) is 12.1. The fraction of sp³-hybridized carbons (Fsp3) is 0.381. The monoisotopic (exact) mass is 401 g/mol. The van der Waals surface area contributed by atoms with E-state index in [2.05, 4.69) is 0 Å². The van der Waals surface area contributed by atoms with Gasteiger partial charge in [0.05, 0.1) is 22.7 Å². The lowest BCUT2D eigenvalue weighted by molar-refractivity contribution is -0.0892. The highest BCUT2D eigenvalue weighted by Crippen LogP contribution is 2.42. The van der Waals surface area contributed by atoms with Crippen molar-refractivity contribution in [2.45, 2.75) is 36.7 Å². The SMILES string of the molecule is Cc1ccc(S(=O)(=O)N2CCC3(CC2)OCCc2cc(C(=O)O)ccc23)cc1. The summed E-state index contributed by atoms with van der Waals surface area (Å²) in [5, 5.41) is 9.23. The van der Waals surface area contributed by atoms with E-state index in [4.69, 9.17) is 4.74 Å². The summed E-state index contributed by atoms with van der Waals surface area (Å²) in [6.45, 7) is 3.18. The number of carboxylic acids is 1. The van der Waals surface area contributed by atoms with E-state index in [0.717, 1.165) is 16.7 Å². The number of benzene rings is 2. The highest BCUT2D eigenvalue weighted by molar-refractivity contribution is 7.89. The number of rotatable bonds is 3. The van der Waals surface area contributed by atoms with Crippen molar-refractivity contribution in [3.63, 3.8) is 0 Å². The first-order chi connectivity index (χ1) is 13.3. The fourth-order valence-electron chi connectivity index (χ4n) is 4.17. The highest BCUT2D eigenvalue weighted by Gasteiger charge is 2.43. The maximum atomic E-state index is 13.0. The lowest BCUT2D eigenvalue weighted by Crippen LogP contribution is -2.48. The molecular weight excluding hydrogens is 378 g/mol. The van der Waals surface area contributed by atoms with E-state index in [9.17, 15) is 18.3 Å². The number of piperidine rings is 1. The third-order valence-corrected chi connectivity index (χ3v) is 7.69. The summed E-state index contributed by atoms with van der Waals surface area (Å²) in [5.41, 5.74) is 2.74. The van der Waals surface area contributed by atoms with Crippen LogP contribution in [0.2, 0.25) is 0 Å². The third-order valence-electron chi connectivity index (χ3n) is 5.78. The average Bonchev–Trinajstić information content (AvgIpc) is 2.68. The van der Waals surface area contributed by atoms with Crippen LogP contribution >= 0.6 is 0 Å². The molecule has 0 radical (unpaired) electrons. The van der Waals surface area contributed by atoms with Crippen molar-refractivity contribution in [1.29, 1.82) is 0 Å². The van der Waals surface area contributed by atoms with Gasteiger partial charge < -0.3 is 9.84 Å². The summed E-state index contributed by atoms with van der Waals surface area (Å²) < 4.78 is 33.6. The van der Waals surface area contributed by atoms with Crippen LogP contribution in [-0.2, 0) is 26.8 Å². The van der Waals surface area contributed by atoms with Crippen molar-refractivity contribution in [2.75, 3.05) is 19.7 Å². The number of fused-ring (bicyclic) bond motifs is 2. The largest absolute Gasteiger partial charge is 0.478 e. The van der Waals surface area contributed by atoms with Gasteiger partial charge in [0.25, 0.3) is 0 Å². The normalized spacial score (nSPS) is 19.3. The number of nitrogens with zero attached hydrogens (tertiary/aromatic N) is 1. The van der Waals surface area contributed by atoms with Crippen molar-refractivity contribution in [2.24, 2.45) is 0 Å². The van der Waals surface area contributed by atoms with Crippen LogP contribution in [0.15, 0.2) is 47.4 Å². The quantitative estimate of drug-likeness (QED) is 0.855. The fourth-order valence-corrected chi connectivity index (χ4v) is 5.61. The van der Waals surface area contributed by atoms with Crippen molar-refractivity contribution >= 4 is 16.0 Å². The number of carboxylic acid groups (broad SMARTS) is 1. The molecule has 0 atom stereocenters. The molecule has 1 N–H and O–H groups in total. The standard InChI is InChI=1S/C21H23NO5S/c1-15-2-5-18(6-3-15)28(25,26)22-11-9-21(10-12-22)19-7-4-17(20(23)24)14-16(19)8-13-27-21/h2-7,14H,8-13H2,1H3,(H,23,24). The Morgan fingerprint density at radius 1 is 1.11 bits per heavy atom. The Hall–Kier alpha value is -2.22. The van der Waals surface area contributed by atoms with Crippen LogP contribution in [0.1, 0.15) is 39.9 Å². The predicted molar refractivity (Wildman–Crippen MR) is 104 cm³/mol. The third kappa shape index (κ3) is 3.23. The summed E-state index contributed by atoms with van der Waals surface area (Å²) in [4.78, 5) is 11.6. The number of aromatic carboxylic acids is 1. The number of sulfonamides is 1. The zero-order valence-electron chi connectivity index (χ0n) is 15.7. The van der Waals surface area contributed by atoms with E-state index in [1.165, 1.54) is 4.31 Å². The second kappa shape index (κ2) is 6.99. The molecule has 28 heavy (non-hydrogen) atoms. The van der Waals surface area contributed by atoms with Crippen molar-refractivity contribution < 1.29 is 23.1 Å². The molecule has 0 aromatic heterocycles. The molecule has 2 aliphatic rings. The van der Waals surface area contributed by atoms with E-state index in [0.29, 0.717) is 43.9 Å². The molecule has 0 bridgehead atoms. The van der Waals surface area contributed by atoms with Crippen molar-refractivity contribution in [1.82, 2.24) is 4.31 Å². The second-order valence-corrected chi connectivity index (χ2v) is 9.42. The van der Waals surface area contributed by atoms with Gasteiger partial charge in [0.1, 0.15) is 0 Å². The lowest BCUT2D eigenvalue weighted by Gasteiger charge is -2.44. The molecule has 2 aromatic rings. The molecule has 0 unspecified atom stereocenters. The lowest BCUT2D eigenvalue weighted by atomic mass is 9.79. The number of ether oxygens (including phenoxy) is 1. The van der Waals surface area contributed by atoms with Gasteiger partial charge in [-0.2, -0.15) is 4.31 Å². The van der Waals surface area contributed by atoms with Gasteiger partial charge in [-0.15, -0.1) is 0 Å². The predicted octanol–water partition coefficient (Wildman–Crippen LogP) is 2.95. The van der Waals surface area contributed by atoms with Crippen LogP contribution in [0.5, 0.6) is 0 Å². The van der Waals surface area contributed by atoms with Gasteiger partial charge >= 0.3 is 5.97 Å². The van der Waals surface area contributed by atoms with Crippen LogP contribution in [0.4, 0.5) is 0 Å². The first-order valence-corrected chi connectivity index (χ1v) is 10.8. The smallest absolute Gasteiger partial charge is 0.335 e. The maximum absolute atomic E-state index is 13.0. The van der Waals surface area contributed by atoms with Gasteiger partial charge in [-0.1, -0.05) is 23.8 Å². The van der Waals surface area contributed by atoms with Crippen molar-refractivity contribution in [3.05, 3.63) is 64.7 Å². The molecule has 6 nitrogen and oxygen atoms in total. The van der Waals surface area contributed by atoms with Crippen LogP contribution in [0, 0.1) is 6.92 Å². The molecule has 0 aliphatic carbocycles. The zero-order valence-corrected chi connectivity index (χ0v) is 16.5. The van der Waals surface area contributed by atoms with Crippen LogP contribution in [0.25, 0.3) is 0 Å². The van der Waals surface area contributed by atoms with Gasteiger partial charge in [0.15, 0.2) is 0 Å². The summed E-state index contributed by atoms with van der Waals surface area (Å²) >= 11 is 0. The Balaban J connectivity index is 1.58. The second-order valence-electron chi connectivity index (χ2n) is 7.49. The van der Waals surface area contributed by atoms with Gasteiger partial charge in [0, 0.05) is 13.1 Å². The van der Waals surface area contributed by atoms with Gasteiger partial charge in [-0.05, 0) is 61.6 Å². The molecule has 2 heterocycles. The van der Waals surface area contributed by atoms with Crippen LogP contribution in [-0.4, -0.2) is 43.5 Å². The first kappa shape index (κ1) is 19.1. The first-order valence-electron chi connectivity index (χ1n) is 9.39. The molecule has 148 valence electrons. The molecule has 1 fully saturated rings. The number of aryl methyl sites for hydroxylation is 1. The van der Waals surface area contributed by atoms with Crippen LogP contribution < -0.4 is 0 Å². The minimum atomic E-state index is -3.53. The average molecular weight is 401 g/mol.